The summed E-state index contributed by atoms with van der Waals surface area (Å²) in [6.07, 6.45) is 5.73. The van der Waals surface area contributed by atoms with Gasteiger partial charge >= 0.3 is 0 Å². The van der Waals surface area contributed by atoms with E-state index in [0.29, 0.717) is 31.0 Å². The van der Waals surface area contributed by atoms with E-state index < -0.39 is 0 Å². The van der Waals surface area contributed by atoms with Crippen LogP contribution in [-0.4, -0.2) is 63.4 Å². The summed E-state index contributed by atoms with van der Waals surface area (Å²) >= 11 is 0. The van der Waals surface area contributed by atoms with Gasteiger partial charge in [-0.3, -0.25) is 14.5 Å². The van der Waals surface area contributed by atoms with E-state index in [1.165, 1.54) is 6.20 Å². The highest BCUT2D eigenvalue weighted by atomic mass is 16.5. The molecule has 1 saturated heterocycles. The normalized spacial score (nSPS) is 17.7. The molecule has 4 rings (SSSR count). The number of rotatable bonds is 4. The Morgan fingerprint density at radius 2 is 1.93 bits per heavy atom. The quantitative estimate of drug-likeness (QED) is 0.793. The fourth-order valence-corrected chi connectivity index (χ4v) is 3.85. The van der Waals surface area contributed by atoms with E-state index in [9.17, 15) is 9.59 Å². The first kappa shape index (κ1) is 17.9. The summed E-state index contributed by atoms with van der Waals surface area (Å²) in [5, 5.41) is 8.26. The van der Waals surface area contributed by atoms with Gasteiger partial charge in [-0.25, -0.2) is 4.68 Å². The van der Waals surface area contributed by atoms with Crippen LogP contribution in [0, 0.1) is 6.92 Å². The van der Waals surface area contributed by atoms with Crippen LogP contribution in [0.4, 0.5) is 0 Å². The first-order chi connectivity index (χ1) is 13.1. The van der Waals surface area contributed by atoms with E-state index in [4.69, 9.17) is 4.52 Å². The Bertz CT molecular complexity index is 880. The van der Waals surface area contributed by atoms with Crippen LogP contribution in [0.5, 0.6) is 0 Å². The molecule has 0 aromatic carbocycles. The molecule has 0 atom stereocenters. The number of carbonyl (C=O) groups is 1. The van der Waals surface area contributed by atoms with Crippen LogP contribution in [0.2, 0.25) is 0 Å². The summed E-state index contributed by atoms with van der Waals surface area (Å²) in [4.78, 5) is 28.9. The smallest absolute Gasteiger partial charge is 0.267 e. The van der Waals surface area contributed by atoms with Gasteiger partial charge in [-0.15, -0.1) is 0 Å². The predicted octanol–water partition coefficient (Wildman–Crippen LogP) is 0.877. The fourth-order valence-electron chi connectivity index (χ4n) is 3.85. The molecule has 0 bridgehead atoms. The zero-order valence-electron chi connectivity index (χ0n) is 15.7. The molecule has 0 spiro atoms. The average Bonchev–Trinajstić information content (AvgIpc) is 3.12. The van der Waals surface area contributed by atoms with Crippen molar-refractivity contribution in [2.24, 2.45) is 0 Å². The number of hydrogen-bond acceptors (Lipinski definition) is 6. The second-order valence-electron chi connectivity index (χ2n) is 7.31. The SMILES string of the molecule is Cc1oncc1C(=O)N1CCN(CCn2nc3c(cc2=O)CCCC3)CC1. The maximum atomic E-state index is 12.5. The summed E-state index contributed by atoms with van der Waals surface area (Å²) < 4.78 is 6.59. The number of aromatic nitrogens is 3. The number of aryl methyl sites for hydroxylation is 3. The third kappa shape index (κ3) is 3.80. The molecule has 2 aromatic rings. The molecule has 27 heavy (non-hydrogen) atoms. The van der Waals surface area contributed by atoms with Crippen molar-refractivity contribution in [3.63, 3.8) is 0 Å². The lowest BCUT2D eigenvalue weighted by Gasteiger charge is -2.34. The lowest BCUT2D eigenvalue weighted by molar-refractivity contribution is 0.0629. The minimum Gasteiger partial charge on any atom is -0.361 e. The van der Waals surface area contributed by atoms with E-state index >= 15 is 0 Å². The topological polar surface area (TPSA) is 84.5 Å². The van der Waals surface area contributed by atoms with Gasteiger partial charge in [0.2, 0.25) is 0 Å². The van der Waals surface area contributed by atoms with Crippen molar-refractivity contribution < 1.29 is 9.32 Å². The van der Waals surface area contributed by atoms with Gasteiger partial charge in [-0.2, -0.15) is 5.10 Å². The summed E-state index contributed by atoms with van der Waals surface area (Å²) in [5.74, 6) is 0.529. The predicted molar refractivity (Wildman–Crippen MR) is 98.7 cm³/mol. The number of nitrogens with zero attached hydrogens (tertiary/aromatic N) is 5. The highest BCUT2D eigenvalue weighted by Crippen LogP contribution is 2.17. The third-order valence-electron chi connectivity index (χ3n) is 5.54. The number of amides is 1. The van der Waals surface area contributed by atoms with E-state index in [-0.39, 0.29) is 11.5 Å². The molecule has 144 valence electrons. The second kappa shape index (κ2) is 7.64. The average molecular weight is 371 g/mol. The molecule has 0 unspecified atom stereocenters. The number of piperazine rings is 1. The minimum absolute atomic E-state index is 0.00704. The largest absolute Gasteiger partial charge is 0.361 e. The Hall–Kier alpha value is -2.48. The van der Waals surface area contributed by atoms with E-state index in [0.717, 1.165) is 56.6 Å². The number of fused-ring (bicyclic) bond motifs is 1. The maximum Gasteiger partial charge on any atom is 0.267 e. The molecule has 0 saturated carbocycles. The molecule has 8 nitrogen and oxygen atoms in total. The Labute approximate surface area is 157 Å². The van der Waals surface area contributed by atoms with Gasteiger partial charge in [0.15, 0.2) is 0 Å². The Kier molecular flexibility index (Phi) is 5.07. The van der Waals surface area contributed by atoms with Gasteiger partial charge in [-0.05, 0) is 38.2 Å². The van der Waals surface area contributed by atoms with Crippen LogP contribution in [-0.2, 0) is 19.4 Å². The van der Waals surface area contributed by atoms with Gasteiger partial charge in [0.25, 0.3) is 11.5 Å². The van der Waals surface area contributed by atoms with Gasteiger partial charge < -0.3 is 9.42 Å². The lowest BCUT2D eigenvalue weighted by Crippen LogP contribution is -2.49. The Morgan fingerprint density at radius 3 is 2.67 bits per heavy atom. The molecule has 1 aliphatic carbocycles. The highest BCUT2D eigenvalue weighted by molar-refractivity contribution is 5.94. The zero-order valence-corrected chi connectivity index (χ0v) is 15.7. The molecular formula is C19H25N5O3. The van der Waals surface area contributed by atoms with Crippen molar-refractivity contribution in [3.8, 4) is 0 Å². The summed E-state index contributed by atoms with van der Waals surface area (Å²) in [5.41, 5.74) is 2.74. The van der Waals surface area contributed by atoms with Crippen molar-refractivity contribution >= 4 is 5.91 Å². The van der Waals surface area contributed by atoms with Crippen molar-refractivity contribution in [1.82, 2.24) is 24.7 Å². The first-order valence-corrected chi connectivity index (χ1v) is 9.64. The lowest BCUT2D eigenvalue weighted by atomic mass is 9.97. The van der Waals surface area contributed by atoms with E-state index in [2.05, 4.69) is 15.2 Å². The van der Waals surface area contributed by atoms with Crippen molar-refractivity contribution in [3.05, 3.63) is 45.2 Å². The molecule has 8 heteroatoms. The van der Waals surface area contributed by atoms with Crippen molar-refractivity contribution in [2.75, 3.05) is 32.7 Å². The highest BCUT2D eigenvalue weighted by Gasteiger charge is 2.24. The maximum absolute atomic E-state index is 12.5. The van der Waals surface area contributed by atoms with Crippen LogP contribution < -0.4 is 5.56 Å². The molecule has 3 heterocycles. The number of carbonyl (C=O) groups excluding carboxylic acids is 1. The Balaban J connectivity index is 1.32. The van der Waals surface area contributed by atoms with Gasteiger partial charge in [0, 0.05) is 38.8 Å². The Morgan fingerprint density at radius 1 is 1.15 bits per heavy atom. The fraction of sp³-hybridized carbons (Fsp3) is 0.579. The molecule has 2 aliphatic rings. The third-order valence-corrected chi connectivity index (χ3v) is 5.54. The van der Waals surface area contributed by atoms with Gasteiger partial charge in [-0.1, -0.05) is 5.16 Å². The standard InChI is InChI=1S/C19H25N5O3/c1-14-16(13-20-27-14)19(26)23-9-6-22(7-10-23)8-11-24-18(25)12-15-4-2-3-5-17(15)21-24/h12-13H,2-11H2,1H3. The van der Waals surface area contributed by atoms with Gasteiger partial charge in [0.05, 0.1) is 18.4 Å². The molecule has 0 N–H and O–H groups in total. The molecule has 1 fully saturated rings. The summed E-state index contributed by atoms with van der Waals surface area (Å²) in [7, 11) is 0. The molecular weight excluding hydrogens is 346 g/mol. The van der Waals surface area contributed by atoms with Crippen LogP contribution >= 0.6 is 0 Å². The second-order valence-corrected chi connectivity index (χ2v) is 7.31. The summed E-state index contributed by atoms with van der Waals surface area (Å²) in [6, 6.07) is 1.76. The minimum atomic E-state index is -0.0269. The zero-order chi connectivity index (χ0) is 18.8. The van der Waals surface area contributed by atoms with Crippen LogP contribution in [0.15, 0.2) is 21.6 Å². The molecule has 1 amide bonds. The molecule has 1 aliphatic heterocycles. The molecule has 0 radical (unpaired) electrons. The number of hydrogen-bond donors (Lipinski definition) is 0. The monoisotopic (exact) mass is 371 g/mol. The van der Waals surface area contributed by atoms with E-state index in [1.54, 1.807) is 17.7 Å². The van der Waals surface area contributed by atoms with Crippen molar-refractivity contribution in [2.45, 2.75) is 39.2 Å². The molecule has 2 aromatic heterocycles. The summed E-state index contributed by atoms with van der Waals surface area (Å²) in [6.45, 7) is 6.00. The van der Waals surface area contributed by atoms with Crippen LogP contribution in [0.25, 0.3) is 0 Å². The van der Waals surface area contributed by atoms with E-state index in [1.807, 2.05) is 4.90 Å². The van der Waals surface area contributed by atoms with Crippen LogP contribution in [0.3, 0.4) is 0 Å². The van der Waals surface area contributed by atoms with Crippen LogP contribution in [0.1, 0.15) is 40.2 Å². The van der Waals surface area contributed by atoms with Gasteiger partial charge in [0.1, 0.15) is 11.3 Å². The van der Waals surface area contributed by atoms with Crippen molar-refractivity contribution in [1.29, 1.82) is 0 Å². The first-order valence-electron chi connectivity index (χ1n) is 9.64.